The van der Waals surface area contributed by atoms with Crippen molar-refractivity contribution in [3.05, 3.63) is 12.1 Å². The molecule has 0 aromatic carbocycles. The number of alkyl halides is 13. The molecule has 1 nitrogen and oxygen atoms in total. The van der Waals surface area contributed by atoms with Gasteiger partial charge in [0.1, 0.15) is 0 Å². The van der Waals surface area contributed by atoms with Crippen LogP contribution in [0.15, 0.2) is 12.1 Å². The molecule has 0 amide bonds. The molecule has 0 spiro atoms. The fraction of sp³-hybridized carbons (Fsp3) is 0.714. The van der Waals surface area contributed by atoms with E-state index in [1.807, 2.05) is 0 Å². The van der Waals surface area contributed by atoms with Crippen LogP contribution in [0.4, 0.5) is 61.5 Å². The molecule has 0 fully saturated rings. The zero-order valence-electron chi connectivity index (χ0n) is 9.96. The Morgan fingerprint density at radius 1 is 0.583 bits per heavy atom. The average Bonchev–Trinajstić information content (AvgIpc) is 2.23. The molecule has 0 unspecified atom stereocenters. The third kappa shape index (κ3) is 7.50. The zero-order valence-corrected chi connectivity index (χ0v) is 14.3. The Morgan fingerprint density at radius 2 is 0.833 bits per heavy atom. The molecule has 0 rings (SSSR count). The molecule has 0 saturated heterocycles. The summed E-state index contributed by atoms with van der Waals surface area (Å²) in [6.45, 7) is 0. The highest BCUT2D eigenvalue weighted by atomic mass is 127. The summed E-state index contributed by atoms with van der Waals surface area (Å²) < 4.78 is 154. The summed E-state index contributed by atoms with van der Waals surface area (Å²) in [5.41, 5.74) is 0. The van der Waals surface area contributed by atoms with Gasteiger partial charge in [0, 0.05) is 45.2 Å². The predicted octanol–water partition coefficient (Wildman–Crippen LogP) is 6.87. The lowest BCUT2D eigenvalue weighted by Crippen LogP contribution is -2.58. The molecule has 146 valence electrons. The largest absolute Gasteiger partial charge is 0.574 e. The van der Waals surface area contributed by atoms with Crippen molar-refractivity contribution in [3.63, 3.8) is 0 Å². The number of hydrogen-bond acceptors (Lipinski definition) is 1. The quantitative estimate of drug-likeness (QED) is 0.145. The first kappa shape index (κ1) is 26.3. The van der Waals surface area contributed by atoms with Gasteiger partial charge in [-0.25, -0.2) is 0 Å². The van der Waals surface area contributed by atoms with E-state index in [-0.39, 0.29) is 45.2 Å². The minimum Gasteiger partial charge on any atom is -0.374 e. The summed E-state index contributed by atoms with van der Waals surface area (Å²) in [7, 11) is 0. The number of halogens is 16. The smallest absolute Gasteiger partial charge is 0.374 e. The molecule has 0 saturated carbocycles. The summed E-state index contributed by atoms with van der Waals surface area (Å²) in [4.78, 5) is 0. The van der Waals surface area contributed by atoms with E-state index in [4.69, 9.17) is 0 Å². The van der Waals surface area contributed by atoms with Gasteiger partial charge >= 0.3 is 38.2 Å². The van der Waals surface area contributed by atoms with Crippen LogP contribution < -0.4 is 0 Å². The van der Waals surface area contributed by atoms with Crippen molar-refractivity contribution < 1.29 is 66.2 Å². The van der Waals surface area contributed by atoms with Crippen LogP contribution in [-0.4, -0.2) is 26.1 Å². The van der Waals surface area contributed by atoms with Crippen LogP contribution in [0.5, 0.6) is 0 Å². The fourth-order valence-electron chi connectivity index (χ4n) is 0.496. The maximum atomic E-state index is 12.2. The zero-order chi connectivity index (χ0) is 20.4. The monoisotopic (exact) mass is 620 g/mol. The second-order valence-corrected chi connectivity index (χ2v) is 5.94. The van der Waals surface area contributed by atoms with Gasteiger partial charge in [-0.05, 0) is 0 Å². The van der Waals surface area contributed by atoms with E-state index < -0.39 is 38.2 Å². The van der Waals surface area contributed by atoms with Crippen LogP contribution in [0.25, 0.3) is 0 Å². The Labute approximate surface area is 149 Å². The van der Waals surface area contributed by atoms with E-state index in [0.29, 0.717) is 0 Å². The normalized spacial score (nSPS) is 13.8. The Kier molecular flexibility index (Phi) is 8.91. The van der Waals surface area contributed by atoms with Crippen LogP contribution in [0.1, 0.15) is 0 Å². The van der Waals surface area contributed by atoms with E-state index in [1.165, 1.54) is 0 Å². The molecule has 0 atom stereocenters. The topological polar surface area (TPSA) is 9.23 Å². The van der Waals surface area contributed by atoms with Crippen molar-refractivity contribution in [2.24, 2.45) is 0 Å². The minimum atomic E-state index is -6.12. The molecule has 0 N–H and O–H groups in total. The van der Waals surface area contributed by atoms with Crippen LogP contribution in [0, 0.1) is 0 Å². The Bertz CT molecular complexity index is 416. The molecule has 0 aliphatic rings. The van der Waals surface area contributed by atoms with Crippen molar-refractivity contribution in [1.29, 1.82) is 0 Å². The Hall–Kier alpha value is 0.0200. The van der Waals surface area contributed by atoms with Crippen LogP contribution in [-0.2, 0) is 4.74 Å². The molecule has 0 aromatic heterocycles. The first-order valence-electron chi connectivity index (χ1n) is 4.43. The van der Waals surface area contributed by atoms with Gasteiger partial charge in [0.2, 0.25) is 0 Å². The third-order valence-corrected chi connectivity index (χ3v) is 2.82. The molecule has 0 bridgehead atoms. The maximum absolute atomic E-state index is 12.2. The predicted molar refractivity (Wildman–Crippen MR) is 65.3 cm³/mol. The Balaban J connectivity index is 0. The molecule has 24 heavy (non-hydrogen) atoms. The van der Waals surface area contributed by atoms with Crippen molar-refractivity contribution in [1.82, 2.24) is 0 Å². The maximum Gasteiger partial charge on any atom is 0.574 e. The van der Waals surface area contributed by atoms with E-state index in [9.17, 15) is 61.5 Å². The first-order chi connectivity index (χ1) is 10.1. The van der Waals surface area contributed by atoms with Crippen molar-refractivity contribution in [3.8, 4) is 0 Å². The summed E-state index contributed by atoms with van der Waals surface area (Å²) in [5.74, 6) is -12.2. The minimum absolute atomic E-state index is 0.315. The second-order valence-electron chi connectivity index (χ2n) is 3.23. The average molecular weight is 620 g/mol. The van der Waals surface area contributed by atoms with Gasteiger partial charge in [0.15, 0.2) is 0 Å². The van der Waals surface area contributed by atoms with E-state index >= 15 is 0 Å². The summed E-state index contributed by atoms with van der Waals surface area (Å²) in [5, 5.41) is 0. The van der Waals surface area contributed by atoms with Crippen molar-refractivity contribution in [2.45, 2.75) is 26.1 Å². The third-order valence-electron chi connectivity index (χ3n) is 1.46. The first-order valence-corrected chi connectivity index (χ1v) is 6.59. The van der Waals surface area contributed by atoms with Gasteiger partial charge < -0.3 is 4.74 Å². The molecular weight excluding hydrogens is 620 g/mol. The SMILES string of the molecule is FC(F)(I)C(F)(F)C(F)(F)C(F)(F)I.FC(F)=C(F)OC(F)(F)F. The fourth-order valence-corrected chi connectivity index (χ4v) is 1.17. The van der Waals surface area contributed by atoms with Gasteiger partial charge in [-0.3, -0.25) is 0 Å². The highest BCUT2D eigenvalue weighted by Gasteiger charge is 2.79. The molecule has 0 aliphatic heterocycles. The standard InChI is InChI=1S/C4F8I2.C3F6O/c5-1(6,3(9,10)13)2(7,8)4(11,12)14;4-1(5)2(6)10-3(7,8)9. The lowest BCUT2D eigenvalue weighted by Gasteiger charge is -2.31. The van der Waals surface area contributed by atoms with Gasteiger partial charge in [-0.2, -0.15) is 48.3 Å². The molecule has 0 heterocycles. The molecule has 17 heteroatoms. The Morgan fingerprint density at radius 3 is 0.917 bits per heavy atom. The summed E-state index contributed by atoms with van der Waals surface area (Å²) >= 11 is -0.631. The molecule has 0 aromatic rings. The van der Waals surface area contributed by atoms with E-state index in [1.54, 1.807) is 0 Å². The van der Waals surface area contributed by atoms with Crippen LogP contribution >= 0.6 is 45.2 Å². The number of hydrogen-bond donors (Lipinski definition) is 0. The highest BCUT2D eigenvalue weighted by molar-refractivity contribution is 14.1. The number of ether oxygens (including phenoxy) is 1. The number of rotatable bonds is 4. The lowest BCUT2D eigenvalue weighted by molar-refractivity contribution is -0.315. The van der Waals surface area contributed by atoms with Gasteiger partial charge in [0.05, 0.1) is 0 Å². The highest BCUT2D eigenvalue weighted by Crippen LogP contribution is 2.56. The van der Waals surface area contributed by atoms with Crippen LogP contribution in [0.2, 0.25) is 0 Å². The van der Waals surface area contributed by atoms with Crippen molar-refractivity contribution in [2.75, 3.05) is 0 Å². The summed E-state index contributed by atoms with van der Waals surface area (Å²) in [6, 6.07) is -2.92. The van der Waals surface area contributed by atoms with E-state index in [2.05, 4.69) is 4.74 Å². The van der Waals surface area contributed by atoms with Crippen LogP contribution in [0.3, 0.4) is 0 Å². The second kappa shape index (κ2) is 8.14. The lowest BCUT2D eigenvalue weighted by atomic mass is 10.2. The summed E-state index contributed by atoms with van der Waals surface area (Å²) in [6.07, 6.45) is -8.55. The van der Waals surface area contributed by atoms with Gasteiger partial charge in [-0.15, -0.1) is 13.2 Å². The molecular formula is C7F14I2O. The van der Waals surface area contributed by atoms with E-state index in [0.717, 1.165) is 0 Å². The molecule has 0 radical (unpaired) electrons. The van der Waals surface area contributed by atoms with Crippen molar-refractivity contribution >= 4 is 45.2 Å². The van der Waals surface area contributed by atoms with Gasteiger partial charge in [-0.1, -0.05) is 0 Å². The van der Waals surface area contributed by atoms with Gasteiger partial charge in [0.25, 0.3) is 0 Å². The molecule has 0 aliphatic carbocycles.